The number of aryl methyl sites for hydroxylation is 2. The van der Waals surface area contributed by atoms with Gasteiger partial charge in [0.05, 0.1) is 0 Å². The highest BCUT2D eigenvalue weighted by Crippen LogP contribution is 2.10. The highest BCUT2D eigenvalue weighted by atomic mass is 19.1. The van der Waals surface area contributed by atoms with Crippen LogP contribution in [0.2, 0.25) is 0 Å². The van der Waals surface area contributed by atoms with Crippen molar-refractivity contribution in [3.8, 4) is 5.75 Å². The molecule has 2 amide bonds. The molecule has 5 nitrogen and oxygen atoms in total. The predicted molar refractivity (Wildman–Crippen MR) is 83.4 cm³/mol. The van der Waals surface area contributed by atoms with Gasteiger partial charge in [0.1, 0.15) is 11.6 Å². The highest BCUT2D eigenvalue weighted by Gasteiger charge is 2.09. The highest BCUT2D eigenvalue weighted by molar-refractivity contribution is 5.95. The first kappa shape index (κ1) is 16.5. The van der Waals surface area contributed by atoms with Gasteiger partial charge in [-0.1, -0.05) is 17.2 Å². The van der Waals surface area contributed by atoms with E-state index in [1.54, 1.807) is 12.1 Å². The summed E-state index contributed by atoms with van der Waals surface area (Å²) in [6.45, 7) is 3.48. The van der Waals surface area contributed by atoms with Crippen LogP contribution in [-0.4, -0.2) is 18.4 Å². The number of carbonyl (C=O) groups is 2. The van der Waals surface area contributed by atoms with E-state index in [4.69, 9.17) is 4.74 Å². The van der Waals surface area contributed by atoms with E-state index >= 15 is 0 Å². The van der Waals surface area contributed by atoms with Crippen LogP contribution >= 0.6 is 0 Å². The molecule has 0 aliphatic carbocycles. The van der Waals surface area contributed by atoms with E-state index in [1.807, 2.05) is 19.9 Å². The van der Waals surface area contributed by atoms with Crippen LogP contribution in [0.1, 0.15) is 21.5 Å². The zero-order chi connectivity index (χ0) is 16.8. The van der Waals surface area contributed by atoms with E-state index in [0.29, 0.717) is 11.3 Å². The number of halogens is 1. The van der Waals surface area contributed by atoms with Crippen LogP contribution < -0.4 is 15.6 Å². The lowest BCUT2D eigenvalue weighted by atomic mass is 10.1. The number of hydrogen-bond donors (Lipinski definition) is 2. The zero-order valence-electron chi connectivity index (χ0n) is 12.9. The van der Waals surface area contributed by atoms with Crippen molar-refractivity contribution in [3.63, 3.8) is 0 Å². The van der Waals surface area contributed by atoms with E-state index in [9.17, 15) is 14.0 Å². The minimum atomic E-state index is -0.521. The van der Waals surface area contributed by atoms with Gasteiger partial charge in [-0.25, -0.2) is 4.39 Å². The summed E-state index contributed by atoms with van der Waals surface area (Å²) in [5.41, 5.74) is 6.96. The van der Waals surface area contributed by atoms with Gasteiger partial charge in [-0.2, -0.15) is 0 Å². The van der Waals surface area contributed by atoms with E-state index in [1.165, 1.54) is 24.3 Å². The van der Waals surface area contributed by atoms with Crippen LogP contribution in [0.15, 0.2) is 42.5 Å². The maximum absolute atomic E-state index is 12.7. The van der Waals surface area contributed by atoms with E-state index in [2.05, 4.69) is 10.9 Å². The number of nitrogens with one attached hydrogen (secondary N) is 2. The summed E-state index contributed by atoms with van der Waals surface area (Å²) >= 11 is 0. The minimum Gasteiger partial charge on any atom is -0.484 e. The predicted octanol–water partition coefficient (Wildman–Crippen LogP) is 2.28. The fourth-order valence-corrected chi connectivity index (χ4v) is 2.02. The SMILES string of the molecule is Cc1cc(C)cc(C(=O)NNC(=O)COc2ccc(F)cc2)c1. The number of carbonyl (C=O) groups excluding carboxylic acids is 2. The molecule has 0 heterocycles. The Bertz CT molecular complexity index is 694. The summed E-state index contributed by atoms with van der Waals surface area (Å²) in [4.78, 5) is 23.6. The van der Waals surface area contributed by atoms with Crippen molar-refractivity contribution in [2.24, 2.45) is 0 Å². The number of hydrogen-bond acceptors (Lipinski definition) is 3. The third-order valence-electron chi connectivity index (χ3n) is 2.98. The zero-order valence-corrected chi connectivity index (χ0v) is 12.9. The molecule has 0 radical (unpaired) electrons. The van der Waals surface area contributed by atoms with Crippen LogP contribution in [0, 0.1) is 19.7 Å². The monoisotopic (exact) mass is 316 g/mol. The maximum atomic E-state index is 12.7. The lowest BCUT2D eigenvalue weighted by Crippen LogP contribution is -2.43. The fourth-order valence-electron chi connectivity index (χ4n) is 2.02. The summed E-state index contributed by atoms with van der Waals surface area (Å²) in [7, 11) is 0. The molecule has 0 unspecified atom stereocenters. The molecule has 0 aliphatic rings. The molecule has 0 fully saturated rings. The minimum absolute atomic E-state index is 0.293. The number of benzene rings is 2. The van der Waals surface area contributed by atoms with Crippen molar-refractivity contribution in [1.29, 1.82) is 0 Å². The molecule has 0 aromatic heterocycles. The average molecular weight is 316 g/mol. The molecule has 0 bridgehead atoms. The van der Waals surface area contributed by atoms with Gasteiger partial charge >= 0.3 is 0 Å². The number of hydrazine groups is 1. The molecule has 2 N–H and O–H groups in total. The molecule has 2 rings (SSSR count). The Balaban J connectivity index is 1.81. The molecule has 6 heteroatoms. The molecular formula is C17H17FN2O3. The van der Waals surface area contributed by atoms with Gasteiger partial charge in [-0.05, 0) is 50.2 Å². The lowest BCUT2D eigenvalue weighted by Gasteiger charge is -2.09. The van der Waals surface area contributed by atoms with Crippen molar-refractivity contribution in [2.45, 2.75) is 13.8 Å². The second-order valence-corrected chi connectivity index (χ2v) is 5.12. The topological polar surface area (TPSA) is 67.4 Å². The molecule has 23 heavy (non-hydrogen) atoms. The van der Waals surface area contributed by atoms with Gasteiger partial charge in [-0.3, -0.25) is 20.4 Å². The van der Waals surface area contributed by atoms with E-state index in [-0.39, 0.29) is 12.4 Å². The lowest BCUT2D eigenvalue weighted by molar-refractivity contribution is -0.123. The molecule has 0 spiro atoms. The Hall–Kier alpha value is -2.89. The third kappa shape index (κ3) is 5.10. The van der Waals surface area contributed by atoms with Crippen molar-refractivity contribution < 1.29 is 18.7 Å². The Kier molecular flexibility index (Phi) is 5.30. The van der Waals surface area contributed by atoms with Gasteiger partial charge in [0.25, 0.3) is 11.8 Å². The van der Waals surface area contributed by atoms with Gasteiger partial charge in [-0.15, -0.1) is 0 Å². The molecular weight excluding hydrogens is 299 g/mol. The van der Waals surface area contributed by atoms with E-state index in [0.717, 1.165) is 11.1 Å². The van der Waals surface area contributed by atoms with Crippen LogP contribution in [-0.2, 0) is 4.79 Å². The number of amides is 2. The molecule has 0 aliphatic heterocycles. The fraction of sp³-hybridized carbons (Fsp3) is 0.176. The Labute approximate surface area is 133 Å². The molecule has 2 aromatic rings. The van der Waals surface area contributed by atoms with Gasteiger partial charge in [0, 0.05) is 5.56 Å². The van der Waals surface area contributed by atoms with Gasteiger partial charge in [0.2, 0.25) is 0 Å². The standard InChI is InChI=1S/C17H17FN2O3/c1-11-7-12(2)9-13(8-11)17(22)20-19-16(21)10-23-15-5-3-14(18)4-6-15/h3-9H,10H2,1-2H3,(H,19,21)(H,20,22). The molecule has 120 valence electrons. The van der Waals surface area contributed by atoms with Crippen molar-refractivity contribution in [2.75, 3.05) is 6.61 Å². The first-order valence-electron chi connectivity index (χ1n) is 7.00. The Morgan fingerprint density at radius 1 is 1.00 bits per heavy atom. The smallest absolute Gasteiger partial charge is 0.276 e. The van der Waals surface area contributed by atoms with Crippen LogP contribution in [0.3, 0.4) is 0 Å². The second-order valence-electron chi connectivity index (χ2n) is 5.12. The van der Waals surface area contributed by atoms with Crippen molar-refractivity contribution in [1.82, 2.24) is 10.9 Å². The summed E-state index contributed by atoms with van der Waals surface area (Å²) in [6, 6.07) is 10.7. The molecule has 0 saturated heterocycles. The summed E-state index contributed by atoms with van der Waals surface area (Å²) in [5, 5.41) is 0. The normalized spacial score (nSPS) is 10.0. The first-order valence-corrected chi connectivity index (χ1v) is 7.00. The van der Waals surface area contributed by atoms with Crippen molar-refractivity contribution >= 4 is 11.8 Å². The maximum Gasteiger partial charge on any atom is 0.276 e. The largest absolute Gasteiger partial charge is 0.484 e. The van der Waals surface area contributed by atoms with Crippen LogP contribution in [0.25, 0.3) is 0 Å². The summed E-state index contributed by atoms with van der Waals surface area (Å²) < 4.78 is 17.9. The van der Waals surface area contributed by atoms with Crippen LogP contribution in [0.4, 0.5) is 4.39 Å². The van der Waals surface area contributed by atoms with Crippen molar-refractivity contribution in [3.05, 3.63) is 65.0 Å². The Morgan fingerprint density at radius 2 is 1.61 bits per heavy atom. The molecule has 0 saturated carbocycles. The quantitative estimate of drug-likeness (QED) is 0.851. The first-order chi connectivity index (χ1) is 10.9. The Morgan fingerprint density at radius 3 is 2.22 bits per heavy atom. The molecule has 2 aromatic carbocycles. The van der Waals surface area contributed by atoms with Gasteiger partial charge in [0.15, 0.2) is 6.61 Å². The van der Waals surface area contributed by atoms with Crippen LogP contribution in [0.5, 0.6) is 5.75 Å². The average Bonchev–Trinajstić information content (AvgIpc) is 2.51. The summed E-state index contributed by atoms with van der Waals surface area (Å²) in [5.74, 6) is -0.955. The number of ether oxygens (including phenoxy) is 1. The van der Waals surface area contributed by atoms with Gasteiger partial charge < -0.3 is 4.74 Å². The third-order valence-corrected chi connectivity index (χ3v) is 2.98. The van der Waals surface area contributed by atoms with E-state index < -0.39 is 11.8 Å². The second kappa shape index (κ2) is 7.40. The molecule has 0 atom stereocenters. The summed E-state index contributed by atoms with van der Waals surface area (Å²) in [6.07, 6.45) is 0. The number of rotatable bonds is 4.